The lowest BCUT2D eigenvalue weighted by molar-refractivity contribution is -0.131. The van der Waals surface area contributed by atoms with Crippen LogP contribution in [-0.2, 0) is 10.3 Å². The van der Waals surface area contributed by atoms with Crippen LogP contribution in [0, 0.1) is 0 Å². The fraction of sp³-hybridized carbons (Fsp3) is 0.211. The lowest BCUT2D eigenvalue weighted by atomic mass is 9.92. The SMILES string of the molecule is COc1ccc(C2(C)NC(=O)N(/N=C/c3ccc(SC)cc3)C2=O)cc1. The largest absolute Gasteiger partial charge is 0.497 e. The van der Waals surface area contributed by atoms with E-state index in [1.165, 1.54) is 6.21 Å². The number of urea groups is 1. The number of nitrogens with one attached hydrogen (secondary N) is 1. The summed E-state index contributed by atoms with van der Waals surface area (Å²) in [5, 5.41) is 7.67. The van der Waals surface area contributed by atoms with Crippen LogP contribution in [0.25, 0.3) is 0 Å². The lowest BCUT2D eigenvalue weighted by Crippen LogP contribution is -2.40. The van der Waals surface area contributed by atoms with E-state index < -0.39 is 17.5 Å². The summed E-state index contributed by atoms with van der Waals surface area (Å²) < 4.78 is 5.13. The van der Waals surface area contributed by atoms with Crippen molar-refractivity contribution in [1.29, 1.82) is 0 Å². The number of hydrogen-bond donors (Lipinski definition) is 1. The Morgan fingerprint density at radius 1 is 1.12 bits per heavy atom. The van der Waals surface area contributed by atoms with Crippen LogP contribution in [0.5, 0.6) is 5.75 Å². The molecule has 2 aromatic carbocycles. The van der Waals surface area contributed by atoms with Crippen molar-refractivity contribution in [3.05, 3.63) is 59.7 Å². The van der Waals surface area contributed by atoms with E-state index in [1.54, 1.807) is 50.1 Å². The standard InChI is InChI=1S/C19H19N3O3S/c1-19(14-6-8-15(25-2)9-7-14)17(23)22(18(24)21-19)20-12-13-4-10-16(26-3)11-5-13/h4-12H,1-3H3,(H,21,24)/b20-12+. The Morgan fingerprint density at radius 3 is 2.35 bits per heavy atom. The van der Waals surface area contributed by atoms with Gasteiger partial charge in [0.25, 0.3) is 5.91 Å². The molecule has 0 saturated carbocycles. The smallest absolute Gasteiger partial charge is 0.346 e. The van der Waals surface area contributed by atoms with Gasteiger partial charge < -0.3 is 10.1 Å². The monoisotopic (exact) mass is 369 g/mol. The average Bonchev–Trinajstić information content (AvgIpc) is 2.90. The number of ether oxygens (including phenoxy) is 1. The average molecular weight is 369 g/mol. The summed E-state index contributed by atoms with van der Waals surface area (Å²) in [5.41, 5.74) is 0.309. The maximum Gasteiger partial charge on any atom is 0.346 e. The Balaban J connectivity index is 1.82. The Labute approximate surface area is 156 Å². The molecule has 0 bridgehead atoms. The molecule has 3 rings (SSSR count). The second-order valence-corrected chi connectivity index (χ2v) is 6.80. The normalized spacial score (nSPS) is 19.9. The van der Waals surface area contributed by atoms with Gasteiger partial charge in [0.15, 0.2) is 0 Å². The minimum Gasteiger partial charge on any atom is -0.497 e. The van der Waals surface area contributed by atoms with Gasteiger partial charge in [-0.2, -0.15) is 5.10 Å². The van der Waals surface area contributed by atoms with E-state index in [1.807, 2.05) is 30.5 Å². The van der Waals surface area contributed by atoms with E-state index in [0.29, 0.717) is 11.3 Å². The van der Waals surface area contributed by atoms with Gasteiger partial charge in [0, 0.05) is 4.90 Å². The minimum atomic E-state index is -1.16. The van der Waals surface area contributed by atoms with Gasteiger partial charge >= 0.3 is 6.03 Å². The van der Waals surface area contributed by atoms with E-state index in [0.717, 1.165) is 15.5 Å². The van der Waals surface area contributed by atoms with Gasteiger partial charge in [-0.25, -0.2) is 4.79 Å². The minimum absolute atomic E-state index is 0.426. The number of hydrogen-bond acceptors (Lipinski definition) is 5. The van der Waals surface area contributed by atoms with Gasteiger partial charge in [-0.15, -0.1) is 16.8 Å². The molecule has 0 radical (unpaired) electrons. The Kier molecular flexibility index (Phi) is 4.99. The molecule has 1 N–H and O–H groups in total. The maximum absolute atomic E-state index is 12.8. The molecule has 2 aromatic rings. The van der Waals surface area contributed by atoms with Crippen molar-refractivity contribution in [2.75, 3.05) is 13.4 Å². The molecule has 1 fully saturated rings. The van der Waals surface area contributed by atoms with E-state index in [-0.39, 0.29) is 0 Å². The first-order chi connectivity index (χ1) is 12.5. The number of hydrazone groups is 1. The number of rotatable bonds is 5. The van der Waals surface area contributed by atoms with E-state index >= 15 is 0 Å². The molecule has 1 atom stereocenters. The fourth-order valence-electron chi connectivity index (χ4n) is 2.66. The zero-order chi connectivity index (χ0) is 18.7. The first-order valence-electron chi connectivity index (χ1n) is 7.97. The zero-order valence-corrected chi connectivity index (χ0v) is 15.5. The van der Waals surface area contributed by atoms with Crippen molar-refractivity contribution in [3.63, 3.8) is 0 Å². The molecule has 0 spiro atoms. The first-order valence-corrected chi connectivity index (χ1v) is 9.19. The summed E-state index contributed by atoms with van der Waals surface area (Å²) in [4.78, 5) is 26.2. The quantitative estimate of drug-likeness (QED) is 0.499. The Bertz CT molecular complexity index is 849. The molecule has 1 saturated heterocycles. The van der Waals surface area contributed by atoms with Gasteiger partial charge in [0.05, 0.1) is 13.3 Å². The van der Waals surface area contributed by atoms with Crippen LogP contribution in [0.4, 0.5) is 4.79 Å². The fourth-order valence-corrected chi connectivity index (χ4v) is 3.07. The summed E-state index contributed by atoms with van der Waals surface area (Å²) >= 11 is 1.64. The van der Waals surface area contributed by atoms with Crippen LogP contribution in [0.15, 0.2) is 58.5 Å². The molecule has 3 amide bonds. The molecule has 1 unspecified atom stereocenters. The number of nitrogens with zero attached hydrogens (tertiary/aromatic N) is 2. The molecule has 134 valence electrons. The summed E-state index contributed by atoms with van der Waals surface area (Å²) in [7, 11) is 1.57. The maximum atomic E-state index is 12.8. The van der Waals surface area contributed by atoms with E-state index in [9.17, 15) is 9.59 Å². The molecule has 6 nitrogen and oxygen atoms in total. The predicted octanol–water partition coefficient (Wildman–Crippen LogP) is 3.22. The second kappa shape index (κ2) is 7.21. The molecule has 0 aromatic heterocycles. The van der Waals surface area contributed by atoms with Gasteiger partial charge in [-0.1, -0.05) is 24.3 Å². The van der Waals surface area contributed by atoms with Crippen molar-refractivity contribution in [1.82, 2.24) is 10.3 Å². The molecule has 1 aliphatic heterocycles. The molecule has 26 heavy (non-hydrogen) atoms. The second-order valence-electron chi connectivity index (χ2n) is 5.92. The van der Waals surface area contributed by atoms with Crippen LogP contribution in [-0.4, -0.2) is 36.5 Å². The van der Waals surface area contributed by atoms with Gasteiger partial charge in [0.2, 0.25) is 0 Å². The van der Waals surface area contributed by atoms with Gasteiger partial charge in [0.1, 0.15) is 11.3 Å². The lowest BCUT2D eigenvalue weighted by Gasteiger charge is -2.21. The van der Waals surface area contributed by atoms with E-state index in [4.69, 9.17) is 4.74 Å². The molecular formula is C19H19N3O3S. The zero-order valence-electron chi connectivity index (χ0n) is 14.7. The topological polar surface area (TPSA) is 71.0 Å². The van der Waals surface area contributed by atoms with E-state index in [2.05, 4.69) is 10.4 Å². The van der Waals surface area contributed by atoms with Crippen LogP contribution < -0.4 is 10.1 Å². The van der Waals surface area contributed by atoms with Crippen molar-refractivity contribution in [2.45, 2.75) is 17.4 Å². The van der Waals surface area contributed by atoms with Crippen LogP contribution >= 0.6 is 11.8 Å². The number of carbonyl (C=O) groups excluding carboxylic acids is 2. The number of amides is 3. The number of methoxy groups -OCH3 is 1. The number of imide groups is 1. The molecule has 0 aliphatic carbocycles. The number of carbonyl (C=O) groups is 2. The van der Waals surface area contributed by atoms with Crippen molar-refractivity contribution >= 4 is 29.9 Å². The van der Waals surface area contributed by atoms with Crippen LogP contribution in [0.3, 0.4) is 0 Å². The van der Waals surface area contributed by atoms with Crippen molar-refractivity contribution < 1.29 is 14.3 Å². The molecule has 7 heteroatoms. The Morgan fingerprint density at radius 2 is 1.77 bits per heavy atom. The highest BCUT2D eigenvalue weighted by Gasteiger charge is 2.49. The first kappa shape index (κ1) is 18.0. The van der Waals surface area contributed by atoms with Gasteiger partial charge in [-0.05, 0) is 48.6 Å². The predicted molar refractivity (Wildman–Crippen MR) is 102 cm³/mol. The third-order valence-corrected chi connectivity index (χ3v) is 5.02. The summed E-state index contributed by atoms with van der Waals surface area (Å²) in [6, 6.07) is 14.1. The van der Waals surface area contributed by atoms with Crippen LogP contribution in [0.2, 0.25) is 0 Å². The Hall–Kier alpha value is -2.80. The third-order valence-electron chi connectivity index (χ3n) is 4.27. The van der Waals surface area contributed by atoms with Crippen molar-refractivity contribution in [2.24, 2.45) is 5.10 Å². The number of thioether (sulfide) groups is 1. The summed E-state index contributed by atoms with van der Waals surface area (Å²) in [6.07, 6.45) is 3.50. The highest BCUT2D eigenvalue weighted by atomic mass is 32.2. The highest BCUT2D eigenvalue weighted by Crippen LogP contribution is 2.30. The van der Waals surface area contributed by atoms with Crippen molar-refractivity contribution in [3.8, 4) is 5.75 Å². The molecular weight excluding hydrogens is 350 g/mol. The summed E-state index contributed by atoms with van der Waals surface area (Å²) in [6.45, 7) is 1.66. The van der Waals surface area contributed by atoms with Gasteiger partial charge in [-0.3, -0.25) is 4.79 Å². The van der Waals surface area contributed by atoms with Crippen LogP contribution in [0.1, 0.15) is 18.1 Å². The molecule has 1 heterocycles. The third kappa shape index (κ3) is 3.30. The highest BCUT2D eigenvalue weighted by molar-refractivity contribution is 7.98. The summed E-state index contributed by atoms with van der Waals surface area (Å²) in [5.74, 6) is 0.252. The molecule has 1 aliphatic rings. The number of benzene rings is 2.